The average Bonchev–Trinajstić information content (AvgIpc) is 2.41. The predicted octanol–water partition coefficient (Wildman–Crippen LogP) is 2.41. The molecule has 0 aliphatic heterocycles. The third kappa shape index (κ3) is 4.02. The Morgan fingerprint density at radius 3 is 2.53 bits per heavy atom. The van der Waals surface area contributed by atoms with Crippen LogP contribution in [0.5, 0.6) is 0 Å². The van der Waals surface area contributed by atoms with Gasteiger partial charge in [0.15, 0.2) is 0 Å². The number of aliphatic hydroxyl groups is 1. The van der Waals surface area contributed by atoms with E-state index in [0.29, 0.717) is 6.54 Å². The van der Waals surface area contributed by atoms with Crippen LogP contribution in [-0.2, 0) is 5.41 Å². The molecule has 1 atom stereocenters. The first-order chi connectivity index (χ1) is 8.29. The molecule has 0 radical (unpaired) electrons. The van der Waals surface area contributed by atoms with Crippen molar-refractivity contribution in [1.29, 1.82) is 0 Å². The molecule has 2 nitrogen and oxygen atoms in total. The number of hydrogen-bond donors (Lipinski definition) is 2. The molecule has 0 amide bonds. The highest BCUT2D eigenvalue weighted by Gasteiger charge is 2.29. The van der Waals surface area contributed by atoms with Crippen molar-refractivity contribution in [3.05, 3.63) is 35.9 Å². The Morgan fingerprint density at radius 1 is 1.29 bits per heavy atom. The first-order valence-electron chi connectivity index (χ1n) is 6.23. The number of benzene rings is 1. The lowest BCUT2D eigenvalue weighted by Gasteiger charge is -2.31. The van der Waals surface area contributed by atoms with Gasteiger partial charge in [-0.15, -0.1) is 0 Å². The van der Waals surface area contributed by atoms with Gasteiger partial charge in [-0.05, 0) is 29.9 Å². The molecule has 0 bridgehead atoms. The summed E-state index contributed by atoms with van der Waals surface area (Å²) in [6.07, 6.45) is 2.06. The molecular formula is C14H23NOS. The first-order valence-corrected chi connectivity index (χ1v) is 7.38. The van der Waals surface area contributed by atoms with Gasteiger partial charge < -0.3 is 10.8 Å². The standard InChI is InChI=1S/C14H23NOS/c1-2-17-10-6-9-14(11-15,12-16)13-7-4-3-5-8-13/h3-5,7-8,16H,2,6,9-12,15H2,1H3. The molecule has 17 heavy (non-hydrogen) atoms. The Bertz CT molecular complexity index is 298. The highest BCUT2D eigenvalue weighted by Crippen LogP contribution is 2.28. The van der Waals surface area contributed by atoms with E-state index in [2.05, 4.69) is 19.1 Å². The Morgan fingerprint density at radius 2 is 2.00 bits per heavy atom. The van der Waals surface area contributed by atoms with Gasteiger partial charge in [0.25, 0.3) is 0 Å². The van der Waals surface area contributed by atoms with Gasteiger partial charge in [-0.1, -0.05) is 37.3 Å². The Balaban J connectivity index is 2.68. The third-order valence-corrected chi connectivity index (χ3v) is 4.21. The van der Waals surface area contributed by atoms with Crippen LogP contribution in [-0.4, -0.2) is 29.8 Å². The summed E-state index contributed by atoms with van der Waals surface area (Å²) in [5, 5.41) is 9.70. The lowest BCUT2D eigenvalue weighted by Crippen LogP contribution is -2.39. The summed E-state index contributed by atoms with van der Waals surface area (Å²) in [7, 11) is 0. The monoisotopic (exact) mass is 253 g/mol. The molecule has 1 aromatic carbocycles. The third-order valence-electron chi connectivity index (χ3n) is 3.23. The lowest BCUT2D eigenvalue weighted by molar-refractivity contribution is 0.187. The van der Waals surface area contributed by atoms with Gasteiger partial charge >= 0.3 is 0 Å². The van der Waals surface area contributed by atoms with Crippen molar-refractivity contribution >= 4 is 11.8 Å². The van der Waals surface area contributed by atoms with Gasteiger partial charge in [0.2, 0.25) is 0 Å². The molecule has 0 fully saturated rings. The molecular weight excluding hydrogens is 230 g/mol. The normalized spacial score (nSPS) is 14.5. The fraction of sp³-hybridized carbons (Fsp3) is 0.571. The van der Waals surface area contributed by atoms with Gasteiger partial charge in [0.1, 0.15) is 0 Å². The molecule has 1 unspecified atom stereocenters. The fourth-order valence-corrected chi connectivity index (χ4v) is 2.68. The maximum Gasteiger partial charge on any atom is 0.0540 e. The van der Waals surface area contributed by atoms with Crippen molar-refractivity contribution in [3.8, 4) is 0 Å². The zero-order valence-corrected chi connectivity index (χ0v) is 11.4. The number of thioether (sulfide) groups is 1. The van der Waals surface area contributed by atoms with E-state index in [1.54, 1.807) is 0 Å². The highest BCUT2D eigenvalue weighted by atomic mass is 32.2. The zero-order valence-electron chi connectivity index (χ0n) is 10.6. The molecule has 0 saturated heterocycles. The summed E-state index contributed by atoms with van der Waals surface area (Å²) in [6, 6.07) is 10.1. The molecule has 0 aliphatic carbocycles. The van der Waals surface area contributed by atoms with E-state index in [-0.39, 0.29) is 12.0 Å². The second-order valence-corrected chi connectivity index (χ2v) is 5.70. The maximum absolute atomic E-state index is 9.70. The van der Waals surface area contributed by atoms with E-state index >= 15 is 0 Å². The minimum Gasteiger partial charge on any atom is -0.395 e. The topological polar surface area (TPSA) is 46.2 Å². The fourth-order valence-electron chi connectivity index (χ4n) is 2.05. The second-order valence-electron chi connectivity index (χ2n) is 4.31. The lowest BCUT2D eigenvalue weighted by atomic mass is 9.77. The Labute approximate surface area is 109 Å². The highest BCUT2D eigenvalue weighted by molar-refractivity contribution is 7.99. The van der Waals surface area contributed by atoms with Crippen LogP contribution < -0.4 is 5.73 Å². The van der Waals surface area contributed by atoms with Gasteiger partial charge in [-0.25, -0.2) is 0 Å². The maximum atomic E-state index is 9.70. The number of hydrogen-bond acceptors (Lipinski definition) is 3. The molecule has 0 aromatic heterocycles. The smallest absolute Gasteiger partial charge is 0.0540 e. The molecule has 0 aliphatic rings. The second kappa shape index (κ2) is 7.75. The van der Waals surface area contributed by atoms with Crippen LogP contribution in [0.2, 0.25) is 0 Å². The molecule has 0 saturated carbocycles. The first kappa shape index (κ1) is 14.6. The quantitative estimate of drug-likeness (QED) is 0.699. The summed E-state index contributed by atoms with van der Waals surface area (Å²) < 4.78 is 0. The van der Waals surface area contributed by atoms with Crippen LogP contribution in [0.15, 0.2) is 30.3 Å². The SMILES string of the molecule is CCSCCCC(CN)(CO)c1ccccc1. The summed E-state index contributed by atoms with van der Waals surface area (Å²) in [4.78, 5) is 0. The molecule has 0 heterocycles. The van der Waals surface area contributed by atoms with Crippen LogP contribution in [0.25, 0.3) is 0 Å². The number of rotatable bonds is 8. The van der Waals surface area contributed by atoms with Crippen LogP contribution in [0, 0.1) is 0 Å². The van der Waals surface area contributed by atoms with Gasteiger partial charge in [-0.3, -0.25) is 0 Å². The van der Waals surface area contributed by atoms with Crippen molar-refractivity contribution in [1.82, 2.24) is 0 Å². The van der Waals surface area contributed by atoms with Crippen LogP contribution in [0.3, 0.4) is 0 Å². The molecule has 1 aromatic rings. The van der Waals surface area contributed by atoms with E-state index < -0.39 is 0 Å². The zero-order chi connectivity index (χ0) is 12.6. The minimum atomic E-state index is -0.254. The van der Waals surface area contributed by atoms with Crippen molar-refractivity contribution in [3.63, 3.8) is 0 Å². The van der Waals surface area contributed by atoms with Crippen LogP contribution in [0.4, 0.5) is 0 Å². The molecule has 3 heteroatoms. The summed E-state index contributed by atoms with van der Waals surface area (Å²) >= 11 is 1.94. The van der Waals surface area contributed by atoms with Crippen molar-refractivity contribution < 1.29 is 5.11 Å². The van der Waals surface area contributed by atoms with Crippen LogP contribution in [0.1, 0.15) is 25.3 Å². The van der Waals surface area contributed by atoms with E-state index in [1.165, 1.54) is 0 Å². The molecule has 0 spiro atoms. The summed E-state index contributed by atoms with van der Waals surface area (Å²) in [5.41, 5.74) is 6.80. The van der Waals surface area contributed by atoms with Gasteiger partial charge in [0, 0.05) is 12.0 Å². The van der Waals surface area contributed by atoms with E-state index in [9.17, 15) is 5.11 Å². The van der Waals surface area contributed by atoms with Crippen LogP contribution >= 0.6 is 11.8 Å². The van der Waals surface area contributed by atoms with Crippen molar-refractivity contribution in [2.24, 2.45) is 5.73 Å². The summed E-state index contributed by atoms with van der Waals surface area (Å²) in [6.45, 7) is 2.80. The van der Waals surface area contributed by atoms with E-state index in [1.807, 2.05) is 30.0 Å². The molecule has 3 N–H and O–H groups in total. The Kier molecular flexibility index (Phi) is 6.63. The van der Waals surface area contributed by atoms with Gasteiger partial charge in [0.05, 0.1) is 6.61 Å². The van der Waals surface area contributed by atoms with E-state index in [0.717, 1.165) is 29.9 Å². The minimum absolute atomic E-state index is 0.129. The predicted molar refractivity (Wildman–Crippen MR) is 76.5 cm³/mol. The summed E-state index contributed by atoms with van der Waals surface area (Å²) in [5.74, 6) is 2.30. The largest absolute Gasteiger partial charge is 0.395 e. The van der Waals surface area contributed by atoms with Crippen molar-refractivity contribution in [2.75, 3.05) is 24.7 Å². The van der Waals surface area contributed by atoms with Crippen molar-refractivity contribution in [2.45, 2.75) is 25.2 Å². The van der Waals surface area contributed by atoms with E-state index in [4.69, 9.17) is 5.73 Å². The number of nitrogens with two attached hydrogens (primary N) is 1. The molecule has 96 valence electrons. The Hall–Kier alpha value is -0.510. The molecule has 1 rings (SSSR count). The average molecular weight is 253 g/mol. The van der Waals surface area contributed by atoms with Gasteiger partial charge in [-0.2, -0.15) is 11.8 Å². The number of aliphatic hydroxyl groups excluding tert-OH is 1.